The lowest BCUT2D eigenvalue weighted by Crippen LogP contribution is -2.01. The van der Waals surface area contributed by atoms with Crippen molar-refractivity contribution in [3.8, 4) is 11.5 Å². The van der Waals surface area contributed by atoms with E-state index in [0.717, 1.165) is 48.0 Å². The lowest BCUT2D eigenvalue weighted by molar-refractivity contribution is 0.305. The van der Waals surface area contributed by atoms with Gasteiger partial charge in [0.05, 0.1) is 18.2 Å². The van der Waals surface area contributed by atoms with E-state index in [1.165, 1.54) is 0 Å². The SMILES string of the molecule is CCOc1ccc2c(Cl)c(OCCCCC(Cl)CC)ccc2c1. The molecule has 0 fully saturated rings. The van der Waals surface area contributed by atoms with Gasteiger partial charge >= 0.3 is 0 Å². The zero-order valence-corrected chi connectivity index (χ0v) is 15.3. The summed E-state index contributed by atoms with van der Waals surface area (Å²) in [6.07, 6.45) is 4.11. The normalized spacial score (nSPS) is 12.3. The molecule has 2 aromatic carbocycles. The fraction of sp³-hybridized carbons (Fsp3) is 0.474. The summed E-state index contributed by atoms with van der Waals surface area (Å²) in [5.74, 6) is 1.59. The summed E-state index contributed by atoms with van der Waals surface area (Å²) in [6, 6.07) is 9.86. The van der Waals surface area contributed by atoms with Gasteiger partial charge in [-0.3, -0.25) is 0 Å². The molecule has 4 heteroatoms. The monoisotopic (exact) mass is 354 g/mol. The second-order valence-corrected chi connectivity index (χ2v) is 6.54. The molecule has 0 aliphatic heterocycles. The van der Waals surface area contributed by atoms with Crippen LogP contribution < -0.4 is 9.47 Å². The number of fused-ring (bicyclic) bond motifs is 1. The predicted octanol–water partition coefficient (Wildman–Crippen LogP) is 6.46. The van der Waals surface area contributed by atoms with Crippen molar-refractivity contribution in [2.45, 2.75) is 44.9 Å². The molecule has 1 atom stereocenters. The van der Waals surface area contributed by atoms with Crippen LogP contribution in [0, 0.1) is 0 Å². The molecule has 0 aromatic heterocycles. The fourth-order valence-corrected chi connectivity index (χ4v) is 2.92. The lowest BCUT2D eigenvalue weighted by Gasteiger charge is -2.12. The fourth-order valence-electron chi connectivity index (χ4n) is 2.47. The van der Waals surface area contributed by atoms with Crippen LogP contribution in [-0.2, 0) is 0 Å². The van der Waals surface area contributed by atoms with Gasteiger partial charge in [0, 0.05) is 10.8 Å². The van der Waals surface area contributed by atoms with E-state index < -0.39 is 0 Å². The van der Waals surface area contributed by atoms with Crippen LogP contribution in [0.4, 0.5) is 0 Å². The molecule has 0 N–H and O–H groups in total. The quantitative estimate of drug-likeness (QED) is 0.380. The topological polar surface area (TPSA) is 18.5 Å². The molecule has 0 heterocycles. The summed E-state index contributed by atoms with van der Waals surface area (Å²) in [5.41, 5.74) is 0. The molecule has 0 bridgehead atoms. The molecule has 0 radical (unpaired) electrons. The van der Waals surface area contributed by atoms with Crippen molar-refractivity contribution in [2.24, 2.45) is 0 Å². The number of ether oxygens (including phenoxy) is 2. The predicted molar refractivity (Wildman–Crippen MR) is 99.4 cm³/mol. The second kappa shape index (κ2) is 9.24. The van der Waals surface area contributed by atoms with Crippen molar-refractivity contribution >= 4 is 34.0 Å². The first-order chi connectivity index (χ1) is 11.2. The highest BCUT2D eigenvalue weighted by atomic mass is 35.5. The van der Waals surface area contributed by atoms with E-state index in [1.807, 2.05) is 37.3 Å². The van der Waals surface area contributed by atoms with Gasteiger partial charge in [0.15, 0.2) is 0 Å². The Morgan fingerprint density at radius 2 is 1.87 bits per heavy atom. The van der Waals surface area contributed by atoms with Gasteiger partial charge in [-0.15, -0.1) is 11.6 Å². The van der Waals surface area contributed by atoms with Gasteiger partial charge < -0.3 is 9.47 Å². The Morgan fingerprint density at radius 3 is 2.61 bits per heavy atom. The van der Waals surface area contributed by atoms with E-state index in [4.69, 9.17) is 32.7 Å². The van der Waals surface area contributed by atoms with Gasteiger partial charge in [0.25, 0.3) is 0 Å². The van der Waals surface area contributed by atoms with Crippen LogP contribution in [0.2, 0.25) is 5.02 Å². The molecule has 2 rings (SSSR count). The maximum absolute atomic E-state index is 6.47. The number of hydrogen-bond acceptors (Lipinski definition) is 2. The first-order valence-corrected chi connectivity index (χ1v) is 9.09. The maximum atomic E-state index is 6.47. The summed E-state index contributed by atoms with van der Waals surface area (Å²) in [4.78, 5) is 0. The highest BCUT2D eigenvalue weighted by Gasteiger charge is 2.08. The van der Waals surface area contributed by atoms with Crippen LogP contribution in [0.25, 0.3) is 10.8 Å². The summed E-state index contributed by atoms with van der Waals surface area (Å²) in [5, 5.41) is 2.98. The zero-order valence-electron chi connectivity index (χ0n) is 13.8. The maximum Gasteiger partial charge on any atom is 0.138 e. The molecule has 23 heavy (non-hydrogen) atoms. The van der Waals surface area contributed by atoms with Crippen molar-refractivity contribution in [1.82, 2.24) is 0 Å². The van der Waals surface area contributed by atoms with Crippen LogP contribution in [0.1, 0.15) is 39.5 Å². The van der Waals surface area contributed by atoms with E-state index >= 15 is 0 Å². The van der Waals surface area contributed by atoms with Gasteiger partial charge in [-0.1, -0.05) is 24.6 Å². The molecule has 0 saturated heterocycles. The van der Waals surface area contributed by atoms with Gasteiger partial charge in [-0.05, 0) is 62.3 Å². The average Bonchev–Trinajstić information content (AvgIpc) is 2.56. The molecule has 126 valence electrons. The van der Waals surface area contributed by atoms with Crippen LogP contribution in [-0.4, -0.2) is 18.6 Å². The molecule has 0 aliphatic carbocycles. The first kappa shape index (κ1) is 18.2. The van der Waals surface area contributed by atoms with Crippen LogP contribution in [0.15, 0.2) is 30.3 Å². The average molecular weight is 355 g/mol. The molecule has 0 amide bonds. The van der Waals surface area contributed by atoms with Gasteiger partial charge in [0.2, 0.25) is 0 Å². The van der Waals surface area contributed by atoms with E-state index in [9.17, 15) is 0 Å². The van der Waals surface area contributed by atoms with Crippen molar-refractivity contribution in [3.05, 3.63) is 35.4 Å². The lowest BCUT2D eigenvalue weighted by atomic mass is 10.1. The van der Waals surface area contributed by atoms with Crippen molar-refractivity contribution < 1.29 is 9.47 Å². The van der Waals surface area contributed by atoms with E-state index in [-0.39, 0.29) is 5.38 Å². The zero-order chi connectivity index (χ0) is 16.7. The molecular weight excluding hydrogens is 331 g/mol. The molecule has 1 unspecified atom stereocenters. The molecule has 0 spiro atoms. The largest absolute Gasteiger partial charge is 0.494 e. The Kier molecular flexibility index (Phi) is 7.32. The van der Waals surface area contributed by atoms with Gasteiger partial charge in [-0.25, -0.2) is 0 Å². The minimum absolute atomic E-state index is 0.277. The van der Waals surface area contributed by atoms with E-state index in [0.29, 0.717) is 18.2 Å². The van der Waals surface area contributed by atoms with E-state index in [2.05, 4.69) is 6.92 Å². The van der Waals surface area contributed by atoms with Crippen LogP contribution in [0.3, 0.4) is 0 Å². The molecule has 0 aliphatic rings. The van der Waals surface area contributed by atoms with Gasteiger partial charge in [0.1, 0.15) is 11.5 Å². The Balaban J connectivity index is 1.96. The highest BCUT2D eigenvalue weighted by Crippen LogP contribution is 2.34. The van der Waals surface area contributed by atoms with E-state index in [1.54, 1.807) is 0 Å². The first-order valence-electron chi connectivity index (χ1n) is 8.27. The van der Waals surface area contributed by atoms with Crippen molar-refractivity contribution in [1.29, 1.82) is 0 Å². The Hall–Kier alpha value is -1.12. The van der Waals surface area contributed by atoms with Crippen LogP contribution >= 0.6 is 23.2 Å². The number of alkyl halides is 1. The Labute approximate surface area is 148 Å². The highest BCUT2D eigenvalue weighted by molar-refractivity contribution is 6.37. The summed E-state index contributed by atoms with van der Waals surface area (Å²) in [6.45, 7) is 5.40. The smallest absolute Gasteiger partial charge is 0.138 e. The third-order valence-electron chi connectivity index (χ3n) is 3.81. The Bertz CT molecular complexity index is 628. The minimum atomic E-state index is 0.277. The molecular formula is C19H24Cl2O2. The molecule has 2 aromatic rings. The third-order valence-corrected chi connectivity index (χ3v) is 4.73. The minimum Gasteiger partial charge on any atom is -0.494 e. The van der Waals surface area contributed by atoms with Gasteiger partial charge in [-0.2, -0.15) is 0 Å². The summed E-state index contributed by atoms with van der Waals surface area (Å²) < 4.78 is 11.4. The number of hydrogen-bond donors (Lipinski definition) is 0. The van der Waals surface area contributed by atoms with Crippen molar-refractivity contribution in [2.75, 3.05) is 13.2 Å². The number of unbranched alkanes of at least 4 members (excludes halogenated alkanes) is 1. The second-order valence-electron chi connectivity index (χ2n) is 5.54. The molecule has 2 nitrogen and oxygen atoms in total. The molecule has 0 saturated carbocycles. The number of benzene rings is 2. The number of rotatable bonds is 9. The summed E-state index contributed by atoms with van der Waals surface area (Å²) in [7, 11) is 0. The number of halogens is 2. The Morgan fingerprint density at radius 1 is 1.04 bits per heavy atom. The van der Waals surface area contributed by atoms with Crippen LogP contribution in [0.5, 0.6) is 11.5 Å². The summed E-state index contributed by atoms with van der Waals surface area (Å²) >= 11 is 12.6. The third kappa shape index (κ3) is 5.19. The standard InChI is InChI=1S/C19H24Cl2O2/c1-3-15(20)7-5-6-12-23-18-11-8-14-13-16(22-4-2)9-10-17(14)19(18)21/h8-11,13,15H,3-7,12H2,1-2H3. The van der Waals surface area contributed by atoms with Crippen molar-refractivity contribution in [3.63, 3.8) is 0 Å².